The highest BCUT2D eigenvalue weighted by Gasteiger charge is 2.33. The van der Waals surface area contributed by atoms with E-state index in [1.165, 1.54) is 6.42 Å². The summed E-state index contributed by atoms with van der Waals surface area (Å²) >= 11 is 2.20. The molecule has 0 aliphatic heterocycles. The summed E-state index contributed by atoms with van der Waals surface area (Å²) in [6.45, 7) is 4.70. The van der Waals surface area contributed by atoms with E-state index in [9.17, 15) is 4.79 Å². The lowest BCUT2D eigenvalue weighted by Crippen LogP contribution is -2.50. The zero-order chi connectivity index (χ0) is 13.2. The number of amides is 1. The maximum atomic E-state index is 12.1. The predicted molar refractivity (Wildman–Crippen MR) is 80.1 cm³/mol. The molecule has 3 nitrogen and oxygen atoms in total. The van der Waals surface area contributed by atoms with E-state index in [0.717, 1.165) is 22.2 Å². The second-order valence-corrected chi connectivity index (χ2v) is 6.11. The Hall–Kier alpha value is -0.780. The highest BCUT2D eigenvalue weighted by atomic mass is 127. The Morgan fingerprint density at radius 3 is 2.72 bits per heavy atom. The summed E-state index contributed by atoms with van der Waals surface area (Å²) < 4.78 is 6.44. The molecule has 1 aliphatic rings. The molecule has 0 heterocycles. The molecule has 18 heavy (non-hydrogen) atoms. The summed E-state index contributed by atoms with van der Waals surface area (Å²) in [4.78, 5) is 12.1. The van der Waals surface area contributed by atoms with Gasteiger partial charge in [0.2, 0.25) is 0 Å². The van der Waals surface area contributed by atoms with Gasteiger partial charge in [-0.1, -0.05) is 0 Å². The number of nitrogens with one attached hydrogen (secondary N) is 1. The normalized spacial score (nSPS) is 16.8. The third-order valence-corrected chi connectivity index (χ3v) is 4.21. The second-order valence-electron chi connectivity index (χ2n) is 4.95. The minimum absolute atomic E-state index is 0.00110. The van der Waals surface area contributed by atoms with E-state index in [2.05, 4.69) is 34.8 Å². The molecule has 0 saturated heterocycles. The standard InChI is InChI=1S/C14H18INO2/c1-3-18-12-6-5-10(9-11(12)15)13(17)16-14(2)7-4-8-14/h5-6,9H,3-4,7-8H2,1-2H3,(H,16,17). The minimum atomic E-state index is 0.00110. The summed E-state index contributed by atoms with van der Waals surface area (Å²) in [5, 5.41) is 3.10. The molecule has 1 amide bonds. The first-order valence-corrected chi connectivity index (χ1v) is 7.37. The van der Waals surface area contributed by atoms with Gasteiger partial charge >= 0.3 is 0 Å². The van der Waals surface area contributed by atoms with Crippen molar-refractivity contribution in [2.24, 2.45) is 0 Å². The number of hydrogen-bond acceptors (Lipinski definition) is 2. The van der Waals surface area contributed by atoms with E-state index in [0.29, 0.717) is 12.2 Å². The molecule has 2 rings (SSSR count). The Bertz CT molecular complexity index is 455. The Morgan fingerprint density at radius 1 is 1.50 bits per heavy atom. The van der Waals surface area contributed by atoms with Crippen LogP contribution >= 0.6 is 22.6 Å². The van der Waals surface area contributed by atoms with Crippen molar-refractivity contribution in [3.05, 3.63) is 27.3 Å². The summed E-state index contributed by atoms with van der Waals surface area (Å²) in [6.07, 6.45) is 3.36. The summed E-state index contributed by atoms with van der Waals surface area (Å²) in [6, 6.07) is 5.57. The largest absolute Gasteiger partial charge is 0.493 e. The number of ether oxygens (including phenoxy) is 1. The van der Waals surface area contributed by atoms with Crippen LogP contribution in [0.1, 0.15) is 43.5 Å². The van der Waals surface area contributed by atoms with Crippen molar-refractivity contribution in [2.75, 3.05) is 6.61 Å². The van der Waals surface area contributed by atoms with Crippen LogP contribution in [0.15, 0.2) is 18.2 Å². The fraction of sp³-hybridized carbons (Fsp3) is 0.500. The van der Waals surface area contributed by atoms with Gasteiger partial charge in [-0.15, -0.1) is 0 Å². The van der Waals surface area contributed by atoms with Crippen LogP contribution in [-0.2, 0) is 0 Å². The minimum Gasteiger partial charge on any atom is -0.493 e. The number of halogens is 1. The number of carbonyl (C=O) groups is 1. The van der Waals surface area contributed by atoms with Crippen LogP contribution in [0, 0.1) is 3.57 Å². The van der Waals surface area contributed by atoms with Crippen LogP contribution in [0.3, 0.4) is 0 Å². The average Bonchev–Trinajstić information content (AvgIpc) is 2.30. The van der Waals surface area contributed by atoms with Gasteiger partial charge in [-0.3, -0.25) is 4.79 Å². The molecule has 0 spiro atoms. The molecule has 1 aliphatic carbocycles. The molecule has 1 fully saturated rings. The fourth-order valence-corrected chi connectivity index (χ4v) is 2.76. The Balaban J connectivity index is 2.08. The third-order valence-electron chi connectivity index (χ3n) is 3.37. The fourth-order valence-electron chi connectivity index (χ4n) is 2.09. The Morgan fingerprint density at radius 2 is 2.22 bits per heavy atom. The predicted octanol–water partition coefficient (Wildman–Crippen LogP) is 3.36. The number of rotatable bonds is 4. The topological polar surface area (TPSA) is 38.3 Å². The van der Waals surface area contributed by atoms with Gasteiger partial charge in [0.15, 0.2) is 0 Å². The monoisotopic (exact) mass is 359 g/mol. The number of hydrogen-bond donors (Lipinski definition) is 1. The first kappa shape index (κ1) is 13.6. The highest BCUT2D eigenvalue weighted by molar-refractivity contribution is 14.1. The van der Waals surface area contributed by atoms with Crippen molar-refractivity contribution >= 4 is 28.5 Å². The van der Waals surface area contributed by atoms with Gasteiger partial charge in [-0.05, 0) is 73.9 Å². The van der Waals surface area contributed by atoms with E-state index in [1.807, 2.05) is 25.1 Å². The van der Waals surface area contributed by atoms with Gasteiger partial charge in [0.05, 0.1) is 10.2 Å². The van der Waals surface area contributed by atoms with E-state index < -0.39 is 0 Å². The van der Waals surface area contributed by atoms with Crippen LogP contribution in [0.25, 0.3) is 0 Å². The quantitative estimate of drug-likeness (QED) is 0.838. The van der Waals surface area contributed by atoms with Crippen molar-refractivity contribution in [1.29, 1.82) is 0 Å². The van der Waals surface area contributed by atoms with Gasteiger partial charge in [-0.2, -0.15) is 0 Å². The number of benzene rings is 1. The first-order chi connectivity index (χ1) is 8.54. The van der Waals surface area contributed by atoms with E-state index in [1.54, 1.807) is 0 Å². The van der Waals surface area contributed by atoms with Crippen molar-refractivity contribution in [1.82, 2.24) is 5.32 Å². The lowest BCUT2D eigenvalue weighted by Gasteiger charge is -2.39. The molecule has 1 N–H and O–H groups in total. The molecule has 0 unspecified atom stereocenters. The van der Waals surface area contributed by atoms with Crippen LogP contribution in [0.5, 0.6) is 5.75 Å². The van der Waals surface area contributed by atoms with Crippen molar-refractivity contribution in [3.63, 3.8) is 0 Å². The van der Waals surface area contributed by atoms with Crippen LogP contribution in [-0.4, -0.2) is 18.1 Å². The van der Waals surface area contributed by atoms with E-state index in [-0.39, 0.29) is 11.4 Å². The molecular weight excluding hydrogens is 341 g/mol. The summed E-state index contributed by atoms with van der Waals surface area (Å²) in [7, 11) is 0. The van der Waals surface area contributed by atoms with Gasteiger partial charge < -0.3 is 10.1 Å². The van der Waals surface area contributed by atoms with Crippen molar-refractivity contribution in [2.45, 2.75) is 38.6 Å². The second kappa shape index (κ2) is 5.47. The zero-order valence-corrected chi connectivity index (χ0v) is 12.9. The molecule has 0 aromatic heterocycles. The Labute approximate surface area is 121 Å². The van der Waals surface area contributed by atoms with E-state index >= 15 is 0 Å². The maximum Gasteiger partial charge on any atom is 0.251 e. The van der Waals surface area contributed by atoms with Gasteiger partial charge in [-0.25, -0.2) is 0 Å². The van der Waals surface area contributed by atoms with Crippen molar-refractivity contribution < 1.29 is 9.53 Å². The first-order valence-electron chi connectivity index (χ1n) is 6.29. The highest BCUT2D eigenvalue weighted by Crippen LogP contribution is 2.31. The molecule has 0 atom stereocenters. The van der Waals surface area contributed by atoms with Crippen LogP contribution in [0.4, 0.5) is 0 Å². The average molecular weight is 359 g/mol. The summed E-state index contributed by atoms with van der Waals surface area (Å²) in [5.74, 6) is 0.850. The molecule has 0 radical (unpaired) electrons. The molecular formula is C14H18INO2. The maximum absolute atomic E-state index is 12.1. The van der Waals surface area contributed by atoms with Gasteiger partial charge in [0.1, 0.15) is 5.75 Å². The number of carbonyl (C=O) groups excluding carboxylic acids is 1. The molecule has 1 aromatic carbocycles. The van der Waals surface area contributed by atoms with Gasteiger partial charge in [0, 0.05) is 11.1 Å². The van der Waals surface area contributed by atoms with Crippen molar-refractivity contribution in [3.8, 4) is 5.75 Å². The molecule has 1 saturated carbocycles. The molecule has 4 heteroatoms. The molecule has 0 bridgehead atoms. The lowest BCUT2D eigenvalue weighted by molar-refractivity contribution is 0.0850. The Kier molecular flexibility index (Phi) is 4.14. The SMILES string of the molecule is CCOc1ccc(C(=O)NC2(C)CCC2)cc1I. The molecule has 1 aromatic rings. The third kappa shape index (κ3) is 2.96. The smallest absolute Gasteiger partial charge is 0.251 e. The summed E-state index contributed by atoms with van der Waals surface area (Å²) in [5.41, 5.74) is 0.706. The lowest BCUT2D eigenvalue weighted by atomic mass is 9.78. The zero-order valence-electron chi connectivity index (χ0n) is 10.8. The van der Waals surface area contributed by atoms with Crippen LogP contribution in [0.2, 0.25) is 0 Å². The van der Waals surface area contributed by atoms with Crippen LogP contribution < -0.4 is 10.1 Å². The van der Waals surface area contributed by atoms with E-state index in [4.69, 9.17) is 4.74 Å². The molecule has 98 valence electrons. The van der Waals surface area contributed by atoms with Gasteiger partial charge in [0.25, 0.3) is 5.91 Å².